The summed E-state index contributed by atoms with van der Waals surface area (Å²) in [5, 5.41) is 0.651. The predicted molar refractivity (Wildman–Crippen MR) is 62.1 cm³/mol. The average molecular weight is 290 g/mol. The minimum Gasteiger partial charge on any atom is -0.373 e. The molecule has 1 fully saturated rings. The van der Waals surface area contributed by atoms with Gasteiger partial charge in [0.2, 0.25) is 0 Å². The highest BCUT2D eigenvalue weighted by Crippen LogP contribution is 2.33. The monoisotopic (exact) mass is 288 g/mol. The van der Waals surface area contributed by atoms with Crippen molar-refractivity contribution in [3.8, 4) is 0 Å². The molecule has 2 nitrogen and oxygen atoms in total. The van der Waals surface area contributed by atoms with Gasteiger partial charge in [0.1, 0.15) is 5.78 Å². The molecular formula is C11H10BrClO2. The molecule has 4 heteroatoms. The third-order valence-electron chi connectivity index (χ3n) is 2.42. The first-order chi connectivity index (χ1) is 7.16. The van der Waals surface area contributed by atoms with E-state index in [9.17, 15) is 4.79 Å². The summed E-state index contributed by atoms with van der Waals surface area (Å²) >= 11 is 9.44. The Bertz CT molecular complexity index is 392. The molecule has 0 aliphatic carbocycles. The van der Waals surface area contributed by atoms with Gasteiger partial charge in [-0.2, -0.15) is 0 Å². The first kappa shape index (κ1) is 11.1. The molecule has 1 atom stereocenters. The van der Waals surface area contributed by atoms with Crippen molar-refractivity contribution in [3.05, 3.63) is 33.3 Å². The molecular weight excluding hydrogens is 279 g/mol. The molecule has 1 aliphatic rings. The lowest BCUT2D eigenvalue weighted by Gasteiger charge is -2.23. The maximum absolute atomic E-state index is 11.3. The summed E-state index contributed by atoms with van der Waals surface area (Å²) < 4.78 is 6.49. The van der Waals surface area contributed by atoms with Crippen LogP contribution in [0.15, 0.2) is 22.7 Å². The Balaban J connectivity index is 2.27. The minimum atomic E-state index is -0.184. The molecule has 0 bridgehead atoms. The van der Waals surface area contributed by atoms with Gasteiger partial charge >= 0.3 is 0 Å². The number of Topliss-reactive ketones (excluding diaryl/α,β-unsaturated/α-hetero) is 1. The van der Waals surface area contributed by atoms with Gasteiger partial charge in [0.15, 0.2) is 0 Å². The maximum Gasteiger partial charge on any atom is 0.138 e. The summed E-state index contributed by atoms with van der Waals surface area (Å²) in [7, 11) is 0. The van der Waals surface area contributed by atoms with E-state index in [-0.39, 0.29) is 11.9 Å². The van der Waals surface area contributed by atoms with Gasteiger partial charge in [0, 0.05) is 27.9 Å². The standard InChI is InChI=1S/C11H10BrClO2/c12-7-1-2-10(13)9(5-7)11-6-8(14)3-4-15-11/h1-2,5,11H,3-4,6H2. The molecule has 1 saturated heterocycles. The van der Waals surface area contributed by atoms with E-state index in [4.69, 9.17) is 16.3 Å². The van der Waals surface area contributed by atoms with Crippen molar-refractivity contribution < 1.29 is 9.53 Å². The van der Waals surface area contributed by atoms with E-state index in [1.54, 1.807) is 0 Å². The van der Waals surface area contributed by atoms with E-state index in [0.717, 1.165) is 10.0 Å². The molecule has 2 rings (SSSR count). The highest BCUT2D eigenvalue weighted by atomic mass is 79.9. The fourth-order valence-corrected chi connectivity index (χ4v) is 2.26. The van der Waals surface area contributed by atoms with Crippen LogP contribution in [-0.4, -0.2) is 12.4 Å². The quantitative estimate of drug-likeness (QED) is 0.790. The SMILES string of the molecule is O=C1CCOC(c2cc(Br)ccc2Cl)C1. The second-order valence-electron chi connectivity index (χ2n) is 3.52. The van der Waals surface area contributed by atoms with Gasteiger partial charge in [-0.1, -0.05) is 27.5 Å². The number of ketones is 1. The molecule has 1 heterocycles. The summed E-state index contributed by atoms with van der Waals surface area (Å²) in [5.74, 6) is 0.238. The normalized spacial score (nSPS) is 21.7. The lowest BCUT2D eigenvalue weighted by atomic mass is 10.0. The van der Waals surface area contributed by atoms with E-state index in [1.165, 1.54) is 0 Å². The highest BCUT2D eigenvalue weighted by Gasteiger charge is 2.23. The first-order valence-corrected chi connectivity index (χ1v) is 5.92. The molecule has 0 aromatic heterocycles. The van der Waals surface area contributed by atoms with Crippen molar-refractivity contribution in [1.29, 1.82) is 0 Å². The Kier molecular flexibility index (Phi) is 3.44. The van der Waals surface area contributed by atoms with Crippen molar-refractivity contribution in [1.82, 2.24) is 0 Å². The van der Waals surface area contributed by atoms with Crippen LogP contribution in [0.5, 0.6) is 0 Å². The van der Waals surface area contributed by atoms with Crippen molar-refractivity contribution in [2.75, 3.05) is 6.61 Å². The molecule has 15 heavy (non-hydrogen) atoms. The second-order valence-corrected chi connectivity index (χ2v) is 4.84. The zero-order valence-electron chi connectivity index (χ0n) is 8.00. The van der Waals surface area contributed by atoms with Crippen LogP contribution in [0.25, 0.3) is 0 Å². The van der Waals surface area contributed by atoms with Crippen molar-refractivity contribution in [2.45, 2.75) is 18.9 Å². The number of hydrogen-bond acceptors (Lipinski definition) is 2. The van der Waals surface area contributed by atoms with Gasteiger partial charge in [-0.05, 0) is 18.2 Å². The molecule has 80 valence electrons. The van der Waals surface area contributed by atoms with Crippen molar-refractivity contribution >= 4 is 33.3 Å². The Labute approximate surface area is 102 Å². The van der Waals surface area contributed by atoms with Crippen molar-refractivity contribution in [3.63, 3.8) is 0 Å². The second kappa shape index (κ2) is 4.64. The Morgan fingerprint density at radius 1 is 1.47 bits per heavy atom. The van der Waals surface area contributed by atoms with Crippen LogP contribution >= 0.6 is 27.5 Å². The summed E-state index contributed by atoms with van der Waals surface area (Å²) in [6.07, 6.45) is 0.759. The van der Waals surface area contributed by atoms with Crippen LogP contribution in [0.1, 0.15) is 24.5 Å². The minimum absolute atomic E-state index is 0.184. The van der Waals surface area contributed by atoms with E-state index >= 15 is 0 Å². The third kappa shape index (κ3) is 2.60. The molecule has 0 saturated carbocycles. The van der Waals surface area contributed by atoms with Crippen LogP contribution in [0.3, 0.4) is 0 Å². The summed E-state index contributed by atoms with van der Waals surface area (Å²) in [5.41, 5.74) is 0.888. The summed E-state index contributed by atoms with van der Waals surface area (Å²) in [4.78, 5) is 11.3. The van der Waals surface area contributed by atoms with Crippen molar-refractivity contribution in [2.24, 2.45) is 0 Å². The maximum atomic E-state index is 11.3. The van der Waals surface area contributed by atoms with Crippen LogP contribution < -0.4 is 0 Å². The van der Waals surface area contributed by atoms with Crippen LogP contribution in [-0.2, 0) is 9.53 Å². The fraction of sp³-hybridized carbons (Fsp3) is 0.364. The zero-order chi connectivity index (χ0) is 10.8. The predicted octanol–water partition coefficient (Wildman–Crippen LogP) is 3.52. The summed E-state index contributed by atoms with van der Waals surface area (Å²) in [6.45, 7) is 0.492. The molecule has 1 aromatic rings. The van der Waals surface area contributed by atoms with Gasteiger partial charge in [-0.3, -0.25) is 4.79 Å². The Hall–Kier alpha value is -0.380. The van der Waals surface area contributed by atoms with E-state index in [0.29, 0.717) is 24.5 Å². The Morgan fingerprint density at radius 2 is 2.27 bits per heavy atom. The highest BCUT2D eigenvalue weighted by molar-refractivity contribution is 9.10. The van der Waals surface area contributed by atoms with Gasteiger partial charge in [-0.25, -0.2) is 0 Å². The van der Waals surface area contributed by atoms with E-state index in [2.05, 4.69) is 15.9 Å². The van der Waals surface area contributed by atoms with E-state index in [1.807, 2.05) is 18.2 Å². The number of rotatable bonds is 1. The molecule has 0 spiro atoms. The molecule has 1 aromatic carbocycles. The lowest BCUT2D eigenvalue weighted by Crippen LogP contribution is -2.19. The topological polar surface area (TPSA) is 26.3 Å². The molecule has 1 aliphatic heterocycles. The van der Waals surface area contributed by atoms with Crippen LogP contribution in [0.2, 0.25) is 5.02 Å². The molecule has 0 N–H and O–H groups in total. The number of halogens is 2. The van der Waals surface area contributed by atoms with Gasteiger partial charge < -0.3 is 4.74 Å². The van der Waals surface area contributed by atoms with Crippen LogP contribution in [0.4, 0.5) is 0 Å². The molecule has 0 amide bonds. The number of ether oxygens (including phenoxy) is 1. The van der Waals surface area contributed by atoms with Gasteiger partial charge in [0.25, 0.3) is 0 Å². The number of carbonyl (C=O) groups excluding carboxylic acids is 1. The Morgan fingerprint density at radius 3 is 3.00 bits per heavy atom. The van der Waals surface area contributed by atoms with Gasteiger partial charge in [0.05, 0.1) is 12.7 Å². The summed E-state index contributed by atoms with van der Waals surface area (Å²) in [6, 6.07) is 5.59. The average Bonchev–Trinajstić information content (AvgIpc) is 2.22. The number of hydrogen-bond donors (Lipinski definition) is 0. The zero-order valence-corrected chi connectivity index (χ0v) is 10.3. The number of carbonyl (C=O) groups is 1. The van der Waals surface area contributed by atoms with E-state index < -0.39 is 0 Å². The third-order valence-corrected chi connectivity index (χ3v) is 3.26. The fourth-order valence-electron chi connectivity index (χ4n) is 1.64. The lowest BCUT2D eigenvalue weighted by molar-refractivity contribution is -0.128. The number of benzene rings is 1. The first-order valence-electron chi connectivity index (χ1n) is 4.75. The van der Waals surface area contributed by atoms with Gasteiger partial charge in [-0.15, -0.1) is 0 Å². The van der Waals surface area contributed by atoms with Crippen LogP contribution in [0, 0.1) is 0 Å². The molecule has 1 unspecified atom stereocenters. The smallest absolute Gasteiger partial charge is 0.138 e. The largest absolute Gasteiger partial charge is 0.373 e. The molecule has 0 radical (unpaired) electrons.